The van der Waals surface area contributed by atoms with Crippen molar-refractivity contribution >= 4 is 11.8 Å². The van der Waals surface area contributed by atoms with E-state index in [-0.39, 0.29) is 0 Å². The molecule has 0 aliphatic carbocycles. The topological polar surface area (TPSA) is 51.0 Å². The Balaban J connectivity index is 2.08. The van der Waals surface area contributed by atoms with Gasteiger partial charge in [-0.15, -0.1) is 0 Å². The number of nitrogens with one attached hydrogen (secondary N) is 1. The number of hydrogen-bond acceptors (Lipinski definition) is 5. The second-order valence-electron chi connectivity index (χ2n) is 3.92. The third kappa shape index (κ3) is 2.52. The molecule has 0 amide bonds. The SMILES string of the molecule is CSC(c1nc(C)no1)C1CCNCC1. The van der Waals surface area contributed by atoms with Crippen LogP contribution in [0, 0.1) is 12.8 Å². The van der Waals surface area contributed by atoms with Crippen LogP contribution in [-0.2, 0) is 0 Å². The minimum Gasteiger partial charge on any atom is -0.338 e. The van der Waals surface area contributed by atoms with E-state index in [1.54, 1.807) is 0 Å². The first-order chi connectivity index (χ1) is 7.31. The molecular formula is C10H17N3OS. The maximum Gasteiger partial charge on any atom is 0.240 e. The molecule has 1 fully saturated rings. The second-order valence-corrected chi connectivity index (χ2v) is 4.90. The fourth-order valence-corrected chi connectivity index (χ4v) is 3.03. The van der Waals surface area contributed by atoms with Gasteiger partial charge >= 0.3 is 0 Å². The van der Waals surface area contributed by atoms with Crippen molar-refractivity contribution in [1.29, 1.82) is 0 Å². The molecule has 15 heavy (non-hydrogen) atoms. The number of piperidine rings is 1. The first-order valence-corrected chi connectivity index (χ1v) is 6.63. The lowest BCUT2D eigenvalue weighted by atomic mass is 9.94. The van der Waals surface area contributed by atoms with E-state index in [1.165, 1.54) is 12.8 Å². The summed E-state index contributed by atoms with van der Waals surface area (Å²) < 4.78 is 5.27. The van der Waals surface area contributed by atoms with Crippen molar-refractivity contribution in [2.45, 2.75) is 25.0 Å². The van der Waals surface area contributed by atoms with E-state index >= 15 is 0 Å². The average molecular weight is 227 g/mol. The lowest BCUT2D eigenvalue weighted by molar-refractivity contribution is 0.307. The molecule has 1 atom stereocenters. The molecule has 1 aromatic heterocycles. The number of hydrogen-bond donors (Lipinski definition) is 1. The summed E-state index contributed by atoms with van der Waals surface area (Å²) in [5, 5.41) is 7.61. The quantitative estimate of drug-likeness (QED) is 0.853. The van der Waals surface area contributed by atoms with E-state index in [0.717, 1.165) is 24.8 Å². The first kappa shape index (κ1) is 11.0. The van der Waals surface area contributed by atoms with Crippen LogP contribution in [0.1, 0.15) is 29.8 Å². The highest BCUT2D eigenvalue weighted by Gasteiger charge is 2.28. The smallest absolute Gasteiger partial charge is 0.240 e. The van der Waals surface area contributed by atoms with Crippen molar-refractivity contribution in [3.8, 4) is 0 Å². The summed E-state index contributed by atoms with van der Waals surface area (Å²) in [6.45, 7) is 4.08. The lowest BCUT2D eigenvalue weighted by Gasteiger charge is -2.27. The molecular weight excluding hydrogens is 210 g/mol. The fourth-order valence-electron chi connectivity index (χ4n) is 2.07. The van der Waals surface area contributed by atoms with Gasteiger partial charge < -0.3 is 9.84 Å². The Labute approximate surface area is 94.2 Å². The highest BCUT2D eigenvalue weighted by atomic mass is 32.2. The molecule has 0 aromatic carbocycles. The van der Waals surface area contributed by atoms with E-state index in [4.69, 9.17) is 4.52 Å². The van der Waals surface area contributed by atoms with E-state index in [9.17, 15) is 0 Å². The van der Waals surface area contributed by atoms with Gasteiger partial charge in [0.05, 0.1) is 5.25 Å². The Bertz CT molecular complexity index is 309. The van der Waals surface area contributed by atoms with Gasteiger partial charge in [0.25, 0.3) is 0 Å². The Morgan fingerprint density at radius 3 is 2.73 bits per heavy atom. The monoisotopic (exact) mass is 227 g/mol. The number of thioether (sulfide) groups is 1. The first-order valence-electron chi connectivity index (χ1n) is 5.35. The summed E-state index contributed by atoms with van der Waals surface area (Å²) >= 11 is 1.82. The zero-order chi connectivity index (χ0) is 10.7. The summed E-state index contributed by atoms with van der Waals surface area (Å²) in [5.74, 6) is 2.20. The van der Waals surface area contributed by atoms with Crippen molar-refractivity contribution in [3.63, 3.8) is 0 Å². The molecule has 5 heteroatoms. The molecule has 0 saturated carbocycles. The van der Waals surface area contributed by atoms with Crippen LogP contribution >= 0.6 is 11.8 Å². The van der Waals surface area contributed by atoms with Crippen molar-refractivity contribution in [2.24, 2.45) is 5.92 Å². The Morgan fingerprint density at radius 2 is 2.20 bits per heavy atom. The van der Waals surface area contributed by atoms with E-state index in [1.807, 2.05) is 18.7 Å². The molecule has 1 N–H and O–H groups in total. The molecule has 1 saturated heterocycles. The van der Waals surface area contributed by atoms with Gasteiger partial charge in [-0.05, 0) is 45.0 Å². The molecule has 1 aromatic rings. The third-order valence-electron chi connectivity index (χ3n) is 2.85. The minimum absolute atomic E-state index is 0.369. The summed E-state index contributed by atoms with van der Waals surface area (Å²) in [4.78, 5) is 4.34. The molecule has 0 radical (unpaired) electrons. The van der Waals surface area contributed by atoms with Gasteiger partial charge in [0.2, 0.25) is 5.89 Å². The average Bonchev–Trinajstić information content (AvgIpc) is 2.68. The normalized spacial score (nSPS) is 20.4. The molecule has 4 nitrogen and oxygen atoms in total. The van der Waals surface area contributed by atoms with Crippen LogP contribution in [0.25, 0.3) is 0 Å². The number of rotatable bonds is 3. The van der Waals surface area contributed by atoms with Crippen LogP contribution in [0.5, 0.6) is 0 Å². The van der Waals surface area contributed by atoms with Gasteiger partial charge in [-0.1, -0.05) is 5.16 Å². The predicted molar refractivity (Wildman–Crippen MR) is 60.9 cm³/mol. The van der Waals surface area contributed by atoms with Crippen molar-refractivity contribution < 1.29 is 4.52 Å². The maximum absolute atomic E-state index is 5.27. The summed E-state index contributed by atoms with van der Waals surface area (Å²) in [6, 6.07) is 0. The Hall–Kier alpha value is -0.550. The molecule has 2 rings (SSSR count). The Kier molecular flexibility index (Phi) is 3.64. The summed E-state index contributed by atoms with van der Waals surface area (Å²) in [6.07, 6.45) is 4.52. The van der Waals surface area contributed by atoms with Gasteiger partial charge in [0.1, 0.15) is 0 Å². The molecule has 1 aliphatic heterocycles. The maximum atomic E-state index is 5.27. The molecule has 1 aliphatic rings. The molecule has 0 spiro atoms. The van der Waals surface area contributed by atoms with Crippen LogP contribution in [0.15, 0.2) is 4.52 Å². The number of aryl methyl sites for hydroxylation is 1. The lowest BCUT2D eigenvalue weighted by Crippen LogP contribution is -2.30. The zero-order valence-electron chi connectivity index (χ0n) is 9.19. The van der Waals surface area contributed by atoms with E-state index < -0.39 is 0 Å². The number of aromatic nitrogens is 2. The van der Waals surface area contributed by atoms with Crippen LogP contribution in [0.3, 0.4) is 0 Å². The molecule has 84 valence electrons. The van der Waals surface area contributed by atoms with Crippen molar-refractivity contribution in [3.05, 3.63) is 11.7 Å². The minimum atomic E-state index is 0.369. The molecule has 2 heterocycles. The second kappa shape index (κ2) is 4.99. The molecule has 0 bridgehead atoms. The highest BCUT2D eigenvalue weighted by molar-refractivity contribution is 7.98. The highest BCUT2D eigenvalue weighted by Crippen LogP contribution is 2.37. The van der Waals surface area contributed by atoms with E-state index in [2.05, 4.69) is 21.7 Å². The van der Waals surface area contributed by atoms with Gasteiger partial charge in [-0.3, -0.25) is 0 Å². The molecule has 1 unspecified atom stereocenters. The van der Waals surface area contributed by atoms with Crippen LogP contribution in [-0.4, -0.2) is 29.5 Å². The third-order valence-corrected chi connectivity index (χ3v) is 3.95. The van der Waals surface area contributed by atoms with Crippen molar-refractivity contribution in [2.75, 3.05) is 19.3 Å². The standard InChI is InChI=1S/C10H17N3OS/c1-7-12-10(14-13-7)9(15-2)8-3-5-11-6-4-8/h8-9,11H,3-6H2,1-2H3. The summed E-state index contributed by atoms with van der Waals surface area (Å²) in [5.41, 5.74) is 0. The largest absolute Gasteiger partial charge is 0.338 e. The van der Waals surface area contributed by atoms with Crippen LogP contribution < -0.4 is 5.32 Å². The van der Waals surface area contributed by atoms with Gasteiger partial charge in [-0.25, -0.2) is 0 Å². The van der Waals surface area contributed by atoms with Gasteiger partial charge in [0, 0.05) is 0 Å². The summed E-state index contributed by atoms with van der Waals surface area (Å²) in [7, 11) is 0. The van der Waals surface area contributed by atoms with Gasteiger partial charge in [-0.2, -0.15) is 16.7 Å². The predicted octanol–water partition coefficient (Wildman–Crippen LogP) is 1.78. The Morgan fingerprint density at radius 1 is 1.47 bits per heavy atom. The zero-order valence-corrected chi connectivity index (χ0v) is 10.0. The van der Waals surface area contributed by atoms with Gasteiger partial charge in [0.15, 0.2) is 5.82 Å². The van der Waals surface area contributed by atoms with Crippen LogP contribution in [0.2, 0.25) is 0 Å². The fraction of sp³-hybridized carbons (Fsp3) is 0.800. The van der Waals surface area contributed by atoms with E-state index in [0.29, 0.717) is 11.2 Å². The number of nitrogens with zero attached hydrogens (tertiary/aromatic N) is 2. The van der Waals surface area contributed by atoms with Crippen molar-refractivity contribution in [1.82, 2.24) is 15.5 Å². The van der Waals surface area contributed by atoms with Crippen LogP contribution in [0.4, 0.5) is 0 Å².